The Kier molecular flexibility index (Phi) is 2.92. The lowest BCUT2D eigenvalue weighted by Crippen LogP contribution is -2.55. The molecule has 1 aliphatic heterocycles. The van der Waals surface area contributed by atoms with Crippen molar-refractivity contribution in [2.24, 2.45) is 0 Å². The van der Waals surface area contributed by atoms with Crippen molar-refractivity contribution >= 4 is 65.1 Å². The van der Waals surface area contributed by atoms with Gasteiger partial charge in [-0.05, 0) is 201 Å². The fraction of sp³-hybridized carbons (Fsp3) is 0.306. The molecule has 0 radical (unpaired) electrons. The minimum atomic E-state index is -0.113. The summed E-state index contributed by atoms with van der Waals surface area (Å²) in [5.41, 5.74) is 23.5. The van der Waals surface area contributed by atoms with Crippen LogP contribution in [-0.4, -0.2) is 17.7 Å². The largest absolute Gasteiger partial charge is 0.508 e. The molecule has 7 aromatic rings. The molecule has 18 rings (SSSR count). The van der Waals surface area contributed by atoms with E-state index in [1.54, 1.807) is 115 Å². The lowest BCUT2D eigenvalue weighted by Gasteiger charge is -2.54. The van der Waals surface area contributed by atoms with E-state index in [9.17, 15) is 5.11 Å². The lowest BCUT2D eigenvalue weighted by molar-refractivity contribution is 0.268. The fourth-order valence-corrected chi connectivity index (χ4v) is 17.6. The Morgan fingerprint density at radius 1 is 0.608 bits per heavy atom. The second-order valence-electron chi connectivity index (χ2n) is 18.8. The van der Waals surface area contributed by atoms with Crippen LogP contribution in [-0.2, 0) is 10.8 Å². The van der Waals surface area contributed by atoms with Gasteiger partial charge in [-0.15, -0.1) is 0 Å². The highest BCUT2D eigenvalue weighted by Crippen LogP contribution is 2.83. The molecule has 2 heteroatoms. The van der Waals surface area contributed by atoms with Crippen LogP contribution in [0.5, 0.6) is 5.75 Å². The van der Waals surface area contributed by atoms with Crippen LogP contribution >= 0.6 is 0 Å². The van der Waals surface area contributed by atoms with E-state index in [0.29, 0.717) is 29.4 Å². The number of phenols is 1. The molecule has 8 unspecified atom stereocenters. The highest BCUT2D eigenvalue weighted by molar-refractivity contribution is 6.46. The Labute approximate surface area is 293 Å². The lowest BCUT2D eigenvalue weighted by atomic mass is 9.46. The smallest absolute Gasteiger partial charge is 0.115 e. The summed E-state index contributed by atoms with van der Waals surface area (Å²) in [6.45, 7) is 3.63. The Morgan fingerprint density at radius 2 is 1.27 bits per heavy atom. The normalized spacial score (nSPS) is 34.6. The first-order chi connectivity index (χ1) is 25.2. The number of anilines is 1. The van der Waals surface area contributed by atoms with Crippen LogP contribution in [0.2, 0.25) is 0 Å². The molecular formula is C49H31NO. The average molecular weight is 650 g/mol. The minimum Gasteiger partial charge on any atom is -0.508 e. The molecule has 2 nitrogen and oxygen atoms in total. The molecule has 0 amide bonds. The summed E-state index contributed by atoms with van der Waals surface area (Å²) in [6, 6.07) is 19.1. The zero-order chi connectivity index (χ0) is 32.1. The number of hydrogen-bond donors (Lipinski definition) is 1. The van der Waals surface area contributed by atoms with Crippen molar-refractivity contribution in [3.8, 4) is 16.9 Å². The number of allylic oxidation sites excluding steroid dienone is 1. The molecular weight excluding hydrogens is 619 g/mol. The van der Waals surface area contributed by atoms with Crippen molar-refractivity contribution in [1.29, 1.82) is 0 Å². The summed E-state index contributed by atoms with van der Waals surface area (Å²) in [5, 5.41) is 27.5. The van der Waals surface area contributed by atoms with E-state index < -0.39 is 0 Å². The van der Waals surface area contributed by atoms with Crippen molar-refractivity contribution in [3.05, 3.63) is 110 Å². The molecule has 10 aliphatic carbocycles. The molecule has 0 bridgehead atoms. The van der Waals surface area contributed by atoms with Gasteiger partial charge in [0, 0.05) is 41.4 Å². The fourth-order valence-electron chi connectivity index (χ4n) is 17.6. The number of hydrogen-bond acceptors (Lipinski definition) is 2. The number of aromatic hydroxyl groups is 1. The molecule has 238 valence electrons. The van der Waals surface area contributed by atoms with E-state index in [2.05, 4.69) is 54.3 Å². The average Bonchev–Trinajstić information content (AvgIpc) is 3.99. The molecule has 1 heterocycles. The molecule has 0 saturated carbocycles. The number of rotatable bonds is 1. The van der Waals surface area contributed by atoms with E-state index in [1.807, 2.05) is 23.3 Å². The van der Waals surface area contributed by atoms with Crippen molar-refractivity contribution in [2.75, 3.05) is 11.4 Å². The first-order valence-electron chi connectivity index (χ1n) is 20.0. The van der Waals surface area contributed by atoms with Crippen LogP contribution in [0.4, 0.5) is 5.69 Å². The second kappa shape index (κ2) is 6.31. The predicted octanol–water partition coefficient (Wildman–Crippen LogP) is 11.1. The summed E-state index contributed by atoms with van der Waals surface area (Å²) in [7, 11) is 0. The van der Waals surface area contributed by atoms with E-state index in [4.69, 9.17) is 0 Å². The van der Waals surface area contributed by atoms with E-state index in [0.717, 1.165) is 18.9 Å². The van der Waals surface area contributed by atoms with Gasteiger partial charge in [-0.1, -0.05) is 30.3 Å². The third kappa shape index (κ3) is 1.71. The quantitative estimate of drug-likeness (QED) is 0.179. The molecule has 1 fully saturated rings. The summed E-state index contributed by atoms with van der Waals surface area (Å²) < 4.78 is 0. The molecule has 0 aromatic heterocycles. The van der Waals surface area contributed by atoms with Crippen LogP contribution in [0.1, 0.15) is 124 Å². The van der Waals surface area contributed by atoms with Gasteiger partial charge in [0.25, 0.3) is 0 Å². The van der Waals surface area contributed by atoms with Crippen molar-refractivity contribution in [2.45, 2.75) is 85.5 Å². The molecule has 51 heavy (non-hydrogen) atoms. The maximum absolute atomic E-state index is 10.4. The monoisotopic (exact) mass is 649 g/mol. The number of nitrogens with zero attached hydrogens (tertiary/aromatic N) is 1. The van der Waals surface area contributed by atoms with Gasteiger partial charge in [-0.2, -0.15) is 0 Å². The number of benzene rings is 7. The summed E-state index contributed by atoms with van der Waals surface area (Å²) in [4.78, 5) is 2.80. The molecule has 8 atom stereocenters. The Bertz CT molecular complexity index is 3270. The van der Waals surface area contributed by atoms with Gasteiger partial charge in [0.05, 0.1) is 5.41 Å². The van der Waals surface area contributed by atoms with E-state index >= 15 is 0 Å². The van der Waals surface area contributed by atoms with Gasteiger partial charge in [0.1, 0.15) is 5.75 Å². The molecule has 2 spiro atoms. The zero-order valence-electron chi connectivity index (χ0n) is 28.3. The zero-order valence-corrected chi connectivity index (χ0v) is 28.3. The maximum Gasteiger partial charge on any atom is 0.115 e. The van der Waals surface area contributed by atoms with Gasteiger partial charge in [0.2, 0.25) is 0 Å². The molecule has 1 saturated heterocycles. The van der Waals surface area contributed by atoms with Crippen LogP contribution in [0, 0.1) is 0 Å². The van der Waals surface area contributed by atoms with Gasteiger partial charge in [-0.25, -0.2) is 0 Å². The first kappa shape index (κ1) is 23.6. The van der Waals surface area contributed by atoms with E-state index in [1.165, 1.54) is 31.4 Å². The Hall–Kier alpha value is -4.82. The van der Waals surface area contributed by atoms with Gasteiger partial charge in [0.15, 0.2) is 0 Å². The molecule has 7 aromatic carbocycles. The summed E-state index contributed by atoms with van der Waals surface area (Å²) >= 11 is 0. The highest BCUT2D eigenvalue weighted by Gasteiger charge is 2.76. The SMILES string of the molecule is CC1N(c2ccc(O)cc2)CC23c4c5c6c7c8c9c%10c%11c%12c%13c%14c%15ccc%16c%14c(c-5c%13c%106)C12C%16=CCC3c1ccc(c7c14)C8CCC9C%11CCC%15%12. The van der Waals surface area contributed by atoms with Crippen LogP contribution < -0.4 is 4.90 Å². The standard InChI is InChI=1S/C49H31NO/c1-17-49-29-15-14-28-26-12-10-24-22-8-6-20-21-7-9-23-25-11-13-27(29)37-35(25)40-33(23)31(21)38-30(20)32(22)39-34(24)36(26)46(44-42(39)41(38)43(40)45(44)47(37)49)48(28,49)16-50(17)18-2-4-19(51)5-3-18/h2-5,10-13,15,17,20-23,28,51H,6-9,14,16H2,1H3. The topological polar surface area (TPSA) is 23.5 Å². The van der Waals surface area contributed by atoms with Crippen LogP contribution in [0.25, 0.3) is 70.6 Å². The van der Waals surface area contributed by atoms with E-state index in [-0.39, 0.29) is 16.9 Å². The molecule has 1 N–H and O–H groups in total. The maximum atomic E-state index is 10.4. The number of fused-ring (bicyclic) bond motifs is 5. The first-order valence-corrected chi connectivity index (χ1v) is 20.0. The van der Waals surface area contributed by atoms with Crippen molar-refractivity contribution < 1.29 is 5.11 Å². The Morgan fingerprint density at radius 3 is 2.02 bits per heavy atom. The predicted molar refractivity (Wildman–Crippen MR) is 204 cm³/mol. The summed E-state index contributed by atoms with van der Waals surface area (Å²) in [6.07, 6.45) is 9.26. The van der Waals surface area contributed by atoms with Crippen LogP contribution in [0.3, 0.4) is 0 Å². The molecule has 11 aliphatic rings. The number of phenolic OH excluding ortho intramolecular Hbond substituents is 1. The Balaban J connectivity index is 1.20. The van der Waals surface area contributed by atoms with Crippen molar-refractivity contribution in [1.82, 2.24) is 0 Å². The highest BCUT2D eigenvalue weighted by atomic mass is 16.3. The van der Waals surface area contributed by atoms with Gasteiger partial charge < -0.3 is 10.0 Å². The van der Waals surface area contributed by atoms with Gasteiger partial charge >= 0.3 is 0 Å². The minimum absolute atomic E-state index is 0.0292. The second-order valence-corrected chi connectivity index (χ2v) is 18.8. The van der Waals surface area contributed by atoms with Gasteiger partial charge in [-0.3, -0.25) is 0 Å². The summed E-state index contributed by atoms with van der Waals surface area (Å²) in [5.74, 6) is 3.39. The van der Waals surface area contributed by atoms with Crippen LogP contribution in [0.15, 0.2) is 54.6 Å². The third-order valence-corrected chi connectivity index (χ3v) is 18.4. The van der Waals surface area contributed by atoms with Crippen molar-refractivity contribution in [3.63, 3.8) is 0 Å². The third-order valence-electron chi connectivity index (χ3n) is 18.4.